The Morgan fingerprint density at radius 1 is 0.727 bits per heavy atom. The average Bonchev–Trinajstić information content (AvgIpc) is 2.45. The zero-order chi connectivity index (χ0) is 17.1. The van der Waals surface area contributed by atoms with Crippen LogP contribution >= 0.6 is 0 Å². The molecule has 0 spiro atoms. The molecule has 0 aliphatic heterocycles. The van der Waals surface area contributed by atoms with Gasteiger partial charge in [-0.3, -0.25) is 9.59 Å². The molecular weight excluding hydrogens is 280 g/mol. The second kappa shape index (κ2) is 11.5. The Balaban J connectivity index is 5.14. The maximum absolute atomic E-state index is 12.4. The normalized spacial score (nSPS) is 14.0. The first kappa shape index (κ1) is 20.9. The summed E-state index contributed by atoms with van der Waals surface area (Å²) < 4.78 is 10.6. The van der Waals surface area contributed by atoms with Crippen LogP contribution in [0.2, 0.25) is 0 Å². The summed E-state index contributed by atoms with van der Waals surface area (Å²) in [7, 11) is 0. The van der Waals surface area contributed by atoms with Crippen molar-refractivity contribution in [2.24, 2.45) is 23.7 Å². The van der Waals surface area contributed by atoms with Crippen LogP contribution < -0.4 is 0 Å². The molecule has 130 valence electrons. The van der Waals surface area contributed by atoms with E-state index in [9.17, 15) is 9.59 Å². The molecule has 0 aliphatic carbocycles. The third-order valence-corrected chi connectivity index (χ3v) is 3.44. The molecule has 0 fully saturated rings. The van der Waals surface area contributed by atoms with E-state index in [1.807, 2.05) is 13.8 Å². The van der Waals surface area contributed by atoms with E-state index < -0.39 is 11.8 Å². The van der Waals surface area contributed by atoms with Crippen LogP contribution in [0.25, 0.3) is 0 Å². The monoisotopic (exact) mass is 314 g/mol. The Hall–Kier alpha value is -1.06. The number of ether oxygens (including phenoxy) is 2. The topological polar surface area (TPSA) is 52.6 Å². The van der Waals surface area contributed by atoms with Crippen LogP contribution in [0.1, 0.15) is 67.2 Å². The molecular formula is C18H34O4. The first-order valence-electron chi connectivity index (χ1n) is 8.66. The molecule has 0 heterocycles. The minimum absolute atomic E-state index is 0.255. The standard InChI is InChI=1S/C18H34O4/c1-7-9-21-17(19)15(11-13(3)4)16(12-14(5)6)18(20)22-10-8-2/h13-16H,7-12H2,1-6H3. The van der Waals surface area contributed by atoms with Gasteiger partial charge in [0.15, 0.2) is 0 Å². The lowest BCUT2D eigenvalue weighted by molar-refractivity contribution is -0.162. The van der Waals surface area contributed by atoms with Crippen molar-refractivity contribution in [1.29, 1.82) is 0 Å². The lowest BCUT2D eigenvalue weighted by Crippen LogP contribution is -2.35. The Bertz CT molecular complexity index is 291. The van der Waals surface area contributed by atoms with E-state index in [0.717, 1.165) is 12.8 Å². The summed E-state index contributed by atoms with van der Waals surface area (Å²) in [6, 6.07) is 0. The minimum atomic E-state index is -0.404. The largest absolute Gasteiger partial charge is 0.465 e. The molecule has 0 saturated heterocycles. The van der Waals surface area contributed by atoms with Crippen molar-refractivity contribution in [3.63, 3.8) is 0 Å². The van der Waals surface area contributed by atoms with Gasteiger partial charge in [-0.2, -0.15) is 0 Å². The first-order valence-corrected chi connectivity index (χ1v) is 8.66. The quantitative estimate of drug-likeness (QED) is 0.536. The third-order valence-electron chi connectivity index (χ3n) is 3.44. The number of carbonyl (C=O) groups excluding carboxylic acids is 2. The van der Waals surface area contributed by atoms with Gasteiger partial charge in [-0.25, -0.2) is 0 Å². The highest BCUT2D eigenvalue weighted by Crippen LogP contribution is 2.29. The molecule has 0 saturated carbocycles. The highest BCUT2D eigenvalue weighted by Gasteiger charge is 2.36. The molecule has 0 bridgehead atoms. The Kier molecular flexibility index (Phi) is 10.9. The average molecular weight is 314 g/mol. The van der Waals surface area contributed by atoms with Crippen molar-refractivity contribution in [2.45, 2.75) is 67.2 Å². The van der Waals surface area contributed by atoms with E-state index in [1.54, 1.807) is 0 Å². The second-order valence-electron chi connectivity index (χ2n) is 6.81. The Morgan fingerprint density at radius 2 is 1.05 bits per heavy atom. The number of hydrogen-bond donors (Lipinski definition) is 0. The molecule has 0 aromatic carbocycles. The van der Waals surface area contributed by atoms with Gasteiger partial charge < -0.3 is 9.47 Å². The molecule has 0 amide bonds. The minimum Gasteiger partial charge on any atom is -0.465 e. The Labute approximate surface area is 135 Å². The Morgan fingerprint density at radius 3 is 1.27 bits per heavy atom. The van der Waals surface area contributed by atoms with Gasteiger partial charge in [0.1, 0.15) is 0 Å². The smallest absolute Gasteiger partial charge is 0.309 e. The first-order chi connectivity index (χ1) is 10.3. The lowest BCUT2D eigenvalue weighted by Gasteiger charge is -2.27. The van der Waals surface area contributed by atoms with Gasteiger partial charge in [0.05, 0.1) is 25.0 Å². The summed E-state index contributed by atoms with van der Waals surface area (Å²) in [5, 5.41) is 0. The van der Waals surface area contributed by atoms with Gasteiger partial charge >= 0.3 is 11.9 Å². The van der Waals surface area contributed by atoms with Gasteiger partial charge in [-0.05, 0) is 37.5 Å². The van der Waals surface area contributed by atoms with E-state index in [4.69, 9.17) is 9.47 Å². The highest BCUT2D eigenvalue weighted by molar-refractivity contribution is 5.82. The third kappa shape index (κ3) is 8.40. The number of carbonyl (C=O) groups is 2. The van der Waals surface area contributed by atoms with E-state index >= 15 is 0 Å². The maximum atomic E-state index is 12.4. The van der Waals surface area contributed by atoms with Crippen LogP contribution in [0.4, 0.5) is 0 Å². The van der Waals surface area contributed by atoms with Crippen LogP contribution in [0, 0.1) is 23.7 Å². The summed E-state index contributed by atoms with van der Waals surface area (Å²) in [5.41, 5.74) is 0. The fraction of sp³-hybridized carbons (Fsp3) is 0.889. The summed E-state index contributed by atoms with van der Waals surface area (Å²) in [4.78, 5) is 24.8. The highest BCUT2D eigenvalue weighted by atomic mass is 16.5. The summed E-state index contributed by atoms with van der Waals surface area (Å²) >= 11 is 0. The SMILES string of the molecule is CCCOC(=O)C(CC(C)C)C(CC(C)C)C(=O)OCCC. The van der Waals surface area contributed by atoms with Gasteiger partial charge in [0.2, 0.25) is 0 Å². The zero-order valence-corrected chi connectivity index (χ0v) is 15.2. The molecule has 0 aliphatic rings. The van der Waals surface area contributed by atoms with Crippen molar-refractivity contribution < 1.29 is 19.1 Å². The number of rotatable bonds is 11. The molecule has 0 aromatic heterocycles. The predicted octanol–water partition coefficient (Wildman–Crippen LogP) is 4.22. The van der Waals surface area contributed by atoms with E-state index in [0.29, 0.717) is 37.9 Å². The zero-order valence-electron chi connectivity index (χ0n) is 15.2. The van der Waals surface area contributed by atoms with Gasteiger partial charge in [0.25, 0.3) is 0 Å². The molecule has 2 atom stereocenters. The molecule has 4 heteroatoms. The number of hydrogen-bond acceptors (Lipinski definition) is 4. The van der Waals surface area contributed by atoms with Crippen LogP contribution in [-0.2, 0) is 19.1 Å². The van der Waals surface area contributed by atoms with Crippen molar-refractivity contribution in [2.75, 3.05) is 13.2 Å². The van der Waals surface area contributed by atoms with Crippen molar-refractivity contribution in [3.05, 3.63) is 0 Å². The fourth-order valence-corrected chi connectivity index (χ4v) is 2.48. The predicted molar refractivity (Wildman–Crippen MR) is 88.4 cm³/mol. The van der Waals surface area contributed by atoms with Crippen LogP contribution in [0.5, 0.6) is 0 Å². The van der Waals surface area contributed by atoms with Crippen LogP contribution in [0.3, 0.4) is 0 Å². The van der Waals surface area contributed by atoms with Gasteiger partial charge in [-0.1, -0.05) is 41.5 Å². The molecule has 0 N–H and O–H groups in total. The van der Waals surface area contributed by atoms with Crippen LogP contribution in [0.15, 0.2) is 0 Å². The van der Waals surface area contributed by atoms with Gasteiger partial charge in [-0.15, -0.1) is 0 Å². The lowest BCUT2D eigenvalue weighted by atomic mass is 9.80. The second-order valence-corrected chi connectivity index (χ2v) is 6.81. The fourth-order valence-electron chi connectivity index (χ4n) is 2.48. The maximum Gasteiger partial charge on any atom is 0.309 e. The summed E-state index contributed by atoms with van der Waals surface area (Å²) in [5.74, 6) is -0.665. The van der Waals surface area contributed by atoms with Crippen molar-refractivity contribution in [1.82, 2.24) is 0 Å². The van der Waals surface area contributed by atoms with E-state index in [-0.39, 0.29) is 11.9 Å². The molecule has 22 heavy (non-hydrogen) atoms. The van der Waals surface area contributed by atoms with E-state index in [2.05, 4.69) is 27.7 Å². The van der Waals surface area contributed by atoms with Gasteiger partial charge in [0, 0.05) is 0 Å². The molecule has 0 aromatic rings. The van der Waals surface area contributed by atoms with Crippen molar-refractivity contribution >= 4 is 11.9 Å². The number of esters is 2. The van der Waals surface area contributed by atoms with Crippen LogP contribution in [-0.4, -0.2) is 25.2 Å². The summed E-state index contributed by atoms with van der Waals surface area (Å²) in [6.07, 6.45) is 2.88. The molecule has 0 radical (unpaired) electrons. The summed E-state index contributed by atoms with van der Waals surface area (Å²) in [6.45, 7) is 13.0. The molecule has 2 unspecified atom stereocenters. The molecule has 4 nitrogen and oxygen atoms in total. The van der Waals surface area contributed by atoms with E-state index in [1.165, 1.54) is 0 Å². The van der Waals surface area contributed by atoms with Crippen molar-refractivity contribution in [3.8, 4) is 0 Å². The molecule has 0 rings (SSSR count).